The van der Waals surface area contributed by atoms with Gasteiger partial charge in [0.25, 0.3) is 5.91 Å². The normalized spacial score (nSPS) is 17.9. The first kappa shape index (κ1) is 14.9. The van der Waals surface area contributed by atoms with E-state index in [4.69, 9.17) is 5.73 Å². The van der Waals surface area contributed by atoms with Crippen molar-refractivity contribution in [3.8, 4) is 0 Å². The van der Waals surface area contributed by atoms with E-state index in [1.807, 2.05) is 6.92 Å². The number of nitrogens with zero attached hydrogens (tertiary/aromatic N) is 4. The van der Waals surface area contributed by atoms with Crippen molar-refractivity contribution in [3.63, 3.8) is 0 Å². The highest BCUT2D eigenvalue weighted by atomic mass is 16.2. The maximum absolute atomic E-state index is 12.0. The number of nitrogens with two attached hydrogens (primary N) is 1. The molecule has 3 N–H and O–H groups in total. The molecule has 0 radical (unpaired) electrons. The van der Waals surface area contributed by atoms with Gasteiger partial charge in [0.1, 0.15) is 0 Å². The molecule has 1 fully saturated rings. The summed E-state index contributed by atoms with van der Waals surface area (Å²) < 4.78 is 1.59. The minimum atomic E-state index is -0.169. The standard InChI is InChI=1S/C13H24N6O/c1-11(9-18-6-3-2-4-7-18)15-13(20)12-10-19(8-5-14)17-16-12/h10-11H,2-9,14H2,1H3,(H,15,20). The Balaban J connectivity index is 1.80. The van der Waals surface area contributed by atoms with Crippen LogP contribution in [0.25, 0.3) is 0 Å². The molecule has 1 aromatic rings. The van der Waals surface area contributed by atoms with Crippen molar-refractivity contribution in [2.24, 2.45) is 5.73 Å². The summed E-state index contributed by atoms with van der Waals surface area (Å²) in [7, 11) is 0. The molecular formula is C13H24N6O. The van der Waals surface area contributed by atoms with Crippen molar-refractivity contribution in [1.29, 1.82) is 0 Å². The molecule has 20 heavy (non-hydrogen) atoms. The number of carbonyl (C=O) groups excluding carboxylic acids is 1. The zero-order valence-corrected chi connectivity index (χ0v) is 12.1. The van der Waals surface area contributed by atoms with E-state index in [2.05, 4.69) is 20.5 Å². The van der Waals surface area contributed by atoms with Gasteiger partial charge < -0.3 is 16.0 Å². The van der Waals surface area contributed by atoms with E-state index < -0.39 is 0 Å². The fraction of sp³-hybridized carbons (Fsp3) is 0.769. The lowest BCUT2D eigenvalue weighted by molar-refractivity contribution is 0.0920. The number of aromatic nitrogens is 3. The van der Waals surface area contributed by atoms with E-state index >= 15 is 0 Å². The number of carbonyl (C=O) groups is 1. The average Bonchev–Trinajstić information content (AvgIpc) is 2.89. The van der Waals surface area contributed by atoms with Gasteiger partial charge in [0.2, 0.25) is 0 Å². The highest BCUT2D eigenvalue weighted by Gasteiger charge is 2.17. The minimum Gasteiger partial charge on any atom is -0.347 e. The van der Waals surface area contributed by atoms with Crippen molar-refractivity contribution in [1.82, 2.24) is 25.2 Å². The lowest BCUT2D eigenvalue weighted by Crippen LogP contribution is -2.43. The molecule has 2 rings (SSSR count). The highest BCUT2D eigenvalue weighted by molar-refractivity contribution is 5.92. The first-order valence-electron chi connectivity index (χ1n) is 7.32. The molecule has 1 amide bonds. The van der Waals surface area contributed by atoms with E-state index in [0.717, 1.165) is 19.6 Å². The molecular weight excluding hydrogens is 256 g/mol. The molecule has 1 saturated heterocycles. The minimum absolute atomic E-state index is 0.111. The van der Waals surface area contributed by atoms with Gasteiger partial charge >= 0.3 is 0 Å². The van der Waals surface area contributed by atoms with Crippen LogP contribution in [0.5, 0.6) is 0 Å². The second-order valence-electron chi connectivity index (χ2n) is 5.39. The van der Waals surface area contributed by atoms with E-state index in [9.17, 15) is 4.79 Å². The molecule has 112 valence electrons. The van der Waals surface area contributed by atoms with Crippen molar-refractivity contribution in [2.75, 3.05) is 26.2 Å². The molecule has 1 aliphatic rings. The number of hydrogen-bond donors (Lipinski definition) is 2. The van der Waals surface area contributed by atoms with Gasteiger partial charge in [0.05, 0.1) is 12.7 Å². The summed E-state index contributed by atoms with van der Waals surface area (Å²) in [5, 5.41) is 10.7. The first-order valence-corrected chi connectivity index (χ1v) is 7.32. The molecule has 7 nitrogen and oxygen atoms in total. The second-order valence-corrected chi connectivity index (χ2v) is 5.39. The molecule has 2 heterocycles. The van der Waals surface area contributed by atoms with Crippen LogP contribution < -0.4 is 11.1 Å². The van der Waals surface area contributed by atoms with Gasteiger partial charge in [0, 0.05) is 19.1 Å². The Kier molecular flexibility index (Phi) is 5.49. The first-order chi connectivity index (χ1) is 9.69. The number of likely N-dealkylation sites (tertiary alicyclic amines) is 1. The van der Waals surface area contributed by atoms with Gasteiger partial charge in [0.15, 0.2) is 5.69 Å². The monoisotopic (exact) mass is 280 g/mol. The van der Waals surface area contributed by atoms with Crippen LogP contribution in [-0.4, -0.2) is 58.0 Å². The fourth-order valence-corrected chi connectivity index (χ4v) is 2.52. The molecule has 1 unspecified atom stereocenters. The average molecular weight is 280 g/mol. The Bertz CT molecular complexity index is 426. The van der Waals surface area contributed by atoms with Crippen LogP contribution in [0.2, 0.25) is 0 Å². The fourth-order valence-electron chi connectivity index (χ4n) is 2.52. The number of rotatable bonds is 6. The molecule has 0 bridgehead atoms. The van der Waals surface area contributed by atoms with Gasteiger partial charge in [-0.15, -0.1) is 5.10 Å². The largest absolute Gasteiger partial charge is 0.347 e. The van der Waals surface area contributed by atoms with Gasteiger partial charge in [-0.05, 0) is 32.9 Å². The summed E-state index contributed by atoms with van der Waals surface area (Å²) in [6, 6.07) is 0.111. The second kappa shape index (κ2) is 7.35. The molecule has 0 spiro atoms. The molecule has 1 atom stereocenters. The summed E-state index contributed by atoms with van der Waals surface area (Å²) >= 11 is 0. The third kappa shape index (κ3) is 4.28. The lowest BCUT2D eigenvalue weighted by atomic mass is 10.1. The zero-order chi connectivity index (χ0) is 14.4. The predicted molar refractivity (Wildman–Crippen MR) is 76.3 cm³/mol. The van der Waals surface area contributed by atoms with Gasteiger partial charge in [-0.3, -0.25) is 9.48 Å². The third-order valence-electron chi connectivity index (χ3n) is 3.49. The molecule has 7 heteroatoms. The van der Waals surface area contributed by atoms with Gasteiger partial charge in [-0.2, -0.15) is 0 Å². The number of piperidine rings is 1. The van der Waals surface area contributed by atoms with Crippen molar-refractivity contribution >= 4 is 5.91 Å². The summed E-state index contributed by atoms with van der Waals surface area (Å²) in [5.41, 5.74) is 5.79. The van der Waals surface area contributed by atoms with Crippen LogP contribution in [0.1, 0.15) is 36.7 Å². The maximum Gasteiger partial charge on any atom is 0.273 e. The van der Waals surface area contributed by atoms with E-state index in [0.29, 0.717) is 18.8 Å². The van der Waals surface area contributed by atoms with Crippen LogP contribution in [0.3, 0.4) is 0 Å². The van der Waals surface area contributed by atoms with Crippen LogP contribution in [0.15, 0.2) is 6.20 Å². The zero-order valence-electron chi connectivity index (χ0n) is 12.1. The van der Waals surface area contributed by atoms with Crippen LogP contribution in [0, 0.1) is 0 Å². The Morgan fingerprint density at radius 3 is 2.90 bits per heavy atom. The Morgan fingerprint density at radius 1 is 1.45 bits per heavy atom. The van der Waals surface area contributed by atoms with Gasteiger partial charge in [-0.25, -0.2) is 0 Å². The van der Waals surface area contributed by atoms with E-state index in [1.165, 1.54) is 19.3 Å². The molecule has 1 aromatic heterocycles. The molecule has 0 saturated carbocycles. The number of nitrogens with one attached hydrogen (secondary N) is 1. The number of amides is 1. The highest BCUT2D eigenvalue weighted by Crippen LogP contribution is 2.08. The Hall–Kier alpha value is -1.47. The van der Waals surface area contributed by atoms with Crippen LogP contribution >= 0.6 is 0 Å². The maximum atomic E-state index is 12.0. The molecule has 0 aliphatic carbocycles. The third-order valence-corrected chi connectivity index (χ3v) is 3.49. The summed E-state index contributed by atoms with van der Waals surface area (Å²) in [6.07, 6.45) is 5.47. The van der Waals surface area contributed by atoms with Gasteiger partial charge in [-0.1, -0.05) is 11.6 Å². The van der Waals surface area contributed by atoms with Crippen molar-refractivity contribution in [2.45, 2.75) is 38.8 Å². The Morgan fingerprint density at radius 2 is 2.20 bits per heavy atom. The number of hydrogen-bond acceptors (Lipinski definition) is 5. The lowest BCUT2D eigenvalue weighted by Gasteiger charge is -2.29. The SMILES string of the molecule is CC(CN1CCCCC1)NC(=O)c1cn(CCN)nn1. The van der Waals surface area contributed by atoms with Crippen molar-refractivity contribution < 1.29 is 4.79 Å². The summed E-state index contributed by atoms with van der Waals surface area (Å²) in [5.74, 6) is -0.169. The topological polar surface area (TPSA) is 89.1 Å². The molecule has 0 aromatic carbocycles. The van der Waals surface area contributed by atoms with Crippen LogP contribution in [0.4, 0.5) is 0 Å². The quantitative estimate of drug-likeness (QED) is 0.756. The van der Waals surface area contributed by atoms with Crippen LogP contribution in [-0.2, 0) is 6.54 Å². The summed E-state index contributed by atoms with van der Waals surface area (Å²) in [6.45, 7) is 6.23. The Labute approximate surface area is 119 Å². The van der Waals surface area contributed by atoms with Crippen molar-refractivity contribution in [3.05, 3.63) is 11.9 Å². The smallest absolute Gasteiger partial charge is 0.273 e. The van der Waals surface area contributed by atoms with E-state index in [-0.39, 0.29) is 11.9 Å². The predicted octanol–water partition coefficient (Wildman–Crippen LogP) is -0.159. The molecule has 1 aliphatic heterocycles. The van der Waals surface area contributed by atoms with E-state index in [1.54, 1.807) is 10.9 Å². The summed E-state index contributed by atoms with van der Waals surface area (Å²) in [4.78, 5) is 14.4.